The van der Waals surface area contributed by atoms with Crippen molar-refractivity contribution in [2.75, 3.05) is 0 Å². The Hall–Kier alpha value is -0.960. The van der Waals surface area contributed by atoms with Gasteiger partial charge in [0.25, 0.3) is 0 Å². The van der Waals surface area contributed by atoms with Crippen molar-refractivity contribution in [3.8, 4) is 0 Å². The molecular formula is C13H17F2N. The van der Waals surface area contributed by atoms with Crippen LogP contribution in [-0.2, 0) is 5.54 Å². The Balaban J connectivity index is 2.41. The van der Waals surface area contributed by atoms with Gasteiger partial charge in [-0.25, -0.2) is 8.78 Å². The number of benzene rings is 1. The lowest BCUT2D eigenvalue weighted by Gasteiger charge is -2.40. The summed E-state index contributed by atoms with van der Waals surface area (Å²) in [4.78, 5) is 0. The first-order valence-corrected chi connectivity index (χ1v) is 5.78. The number of rotatable bonds is 1. The number of nitrogens with two attached hydrogens (primary N) is 1. The first-order chi connectivity index (χ1) is 7.54. The van der Waals surface area contributed by atoms with E-state index >= 15 is 0 Å². The summed E-state index contributed by atoms with van der Waals surface area (Å²) in [5.41, 5.74) is 6.14. The molecule has 1 aliphatic rings. The average molecular weight is 225 g/mol. The molecule has 0 spiro atoms. The highest BCUT2D eigenvalue weighted by atomic mass is 19.1. The van der Waals surface area contributed by atoms with Gasteiger partial charge in [-0.05, 0) is 24.8 Å². The molecule has 2 atom stereocenters. The SMILES string of the molecule is CC1CCCCC1(N)c1ccc(F)cc1F. The first-order valence-electron chi connectivity index (χ1n) is 5.78. The Morgan fingerprint density at radius 1 is 1.31 bits per heavy atom. The molecule has 2 unspecified atom stereocenters. The van der Waals surface area contributed by atoms with Crippen LogP contribution in [0.15, 0.2) is 18.2 Å². The maximum atomic E-state index is 13.7. The fraction of sp³-hybridized carbons (Fsp3) is 0.538. The normalized spacial score (nSPS) is 30.4. The molecular weight excluding hydrogens is 208 g/mol. The van der Waals surface area contributed by atoms with E-state index in [0.717, 1.165) is 31.7 Å². The summed E-state index contributed by atoms with van der Waals surface area (Å²) in [6.45, 7) is 2.04. The second-order valence-electron chi connectivity index (χ2n) is 4.81. The van der Waals surface area contributed by atoms with E-state index in [2.05, 4.69) is 0 Å². The predicted octanol–water partition coefficient (Wildman–Crippen LogP) is 3.33. The Morgan fingerprint density at radius 3 is 2.69 bits per heavy atom. The van der Waals surface area contributed by atoms with E-state index in [1.807, 2.05) is 6.92 Å². The average Bonchev–Trinajstić information content (AvgIpc) is 2.22. The van der Waals surface area contributed by atoms with Crippen LogP contribution in [0.5, 0.6) is 0 Å². The summed E-state index contributed by atoms with van der Waals surface area (Å²) in [7, 11) is 0. The molecule has 2 N–H and O–H groups in total. The maximum absolute atomic E-state index is 13.7. The van der Waals surface area contributed by atoms with Crippen molar-refractivity contribution in [3.05, 3.63) is 35.4 Å². The highest BCUT2D eigenvalue weighted by Crippen LogP contribution is 2.40. The molecule has 16 heavy (non-hydrogen) atoms. The monoisotopic (exact) mass is 225 g/mol. The van der Waals surface area contributed by atoms with Gasteiger partial charge in [-0.3, -0.25) is 0 Å². The van der Waals surface area contributed by atoms with E-state index in [9.17, 15) is 8.78 Å². The van der Waals surface area contributed by atoms with E-state index in [1.165, 1.54) is 12.1 Å². The van der Waals surface area contributed by atoms with E-state index < -0.39 is 17.2 Å². The zero-order chi connectivity index (χ0) is 11.8. The Morgan fingerprint density at radius 2 is 2.06 bits per heavy atom. The van der Waals surface area contributed by atoms with Gasteiger partial charge < -0.3 is 5.73 Å². The lowest BCUT2D eigenvalue weighted by atomic mass is 9.70. The standard InChI is InChI=1S/C13H17F2N/c1-9-4-2-3-7-13(9,16)11-6-5-10(14)8-12(11)15/h5-6,8-9H,2-4,7,16H2,1H3. The Bertz CT molecular complexity index is 392. The van der Waals surface area contributed by atoms with Crippen LogP contribution in [0, 0.1) is 17.6 Å². The van der Waals surface area contributed by atoms with Gasteiger partial charge in [-0.1, -0.05) is 25.8 Å². The summed E-state index contributed by atoms with van der Waals surface area (Å²) in [6.07, 6.45) is 3.94. The quantitative estimate of drug-likeness (QED) is 0.779. The van der Waals surface area contributed by atoms with E-state index in [4.69, 9.17) is 5.73 Å². The molecule has 0 bridgehead atoms. The molecule has 1 aromatic carbocycles. The second kappa shape index (κ2) is 4.13. The molecule has 0 amide bonds. The third-order valence-electron chi connectivity index (χ3n) is 3.79. The molecule has 1 aromatic rings. The maximum Gasteiger partial charge on any atom is 0.131 e. The molecule has 1 nitrogen and oxygen atoms in total. The fourth-order valence-corrected chi connectivity index (χ4v) is 2.64. The van der Waals surface area contributed by atoms with Crippen LogP contribution in [-0.4, -0.2) is 0 Å². The van der Waals surface area contributed by atoms with Gasteiger partial charge in [0.05, 0.1) is 0 Å². The van der Waals surface area contributed by atoms with Crippen molar-refractivity contribution in [1.29, 1.82) is 0 Å². The van der Waals surface area contributed by atoms with Gasteiger partial charge in [0.15, 0.2) is 0 Å². The molecule has 88 valence electrons. The van der Waals surface area contributed by atoms with E-state index in [0.29, 0.717) is 5.56 Å². The van der Waals surface area contributed by atoms with Crippen molar-refractivity contribution in [2.24, 2.45) is 11.7 Å². The second-order valence-corrected chi connectivity index (χ2v) is 4.81. The third-order valence-corrected chi connectivity index (χ3v) is 3.79. The summed E-state index contributed by atoms with van der Waals surface area (Å²) in [5, 5.41) is 0. The van der Waals surface area contributed by atoms with Gasteiger partial charge in [0.2, 0.25) is 0 Å². The van der Waals surface area contributed by atoms with Crippen molar-refractivity contribution in [3.63, 3.8) is 0 Å². The molecule has 0 saturated heterocycles. The van der Waals surface area contributed by atoms with Crippen molar-refractivity contribution < 1.29 is 8.78 Å². The van der Waals surface area contributed by atoms with E-state index in [1.54, 1.807) is 0 Å². The molecule has 0 aromatic heterocycles. The van der Waals surface area contributed by atoms with Gasteiger partial charge in [-0.15, -0.1) is 0 Å². The number of halogens is 2. The van der Waals surface area contributed by atoms with Gasteiger partial charge in [0, 0.05) is 17.2 Å². The van der Waals surface area contributed by atoms with Gasteiger partial charge in [0.1, 0.15) is 11.6 Å². The van der Waals surface area contributed by atoms with Crippen LogP contribution in [0.2, 0.25) is 0 Å². The van der Waals surface area contributed by atoms with Crippen LogP contribution < -0.4 is 5.73 Å². The Labute approximate surface area is 94.7 Å². The molecule has 1 fully saturated rings. The van der Waals surface area contributed by atoms with Crippen molar-refractivity contribution in [2.45, 2.75) is 38.1 Å². The molecule has 0 heterocycles. The van der Waals surface area contributed by atoms with Crippen LogP contribution in [0.1, 0.15) is 38.2 Å². The van der Waals surface area contributed by atoms with Crippen molar-refractivity contribution >= 4 is 0 Å². The smallest absolute Gasteiger partial charge is 0.131 e. The summed E-state index contributed by atoms with van der Waals surface area (Å²) in [6, 6.07) is 3.70. The van der Waals surface area contributed by atoms with Gasteiger partial charge in [-0.2, -0.15) is 0 Å². The molecule has 0 aliphatic heterocycles. The minimum atomic E-state index is -0.629. The van der Waals surface area contributed by atoms with Gasteiger partial charge >= 0.3 is 0 Å². The minimum Gasteiger partial charge on any atom is -0.321 e. The topological polar surface area (TPSA) is 26.0 Å². The van der Waals surface area contributed by atoms with Crippen LogP contribution in [0.4, 0.5) is 8.78 Å². The zero-order valence-corrected chi connectivity index (χ0v) is 9.47. The van der Waals surface area contributed by atoms with Crippen LogP contribution in [0.3, 0.4) is 0 Å². The van der Waals surface area contributed by atoms with Crippen LogP contribution >= 0.6 is 0 Å². The summed E-state index contributed by atoms with van der Waals surface area (Å²) >= 11 is 0. The summed E-state index contributed by atoms with van der Waals surface area (Å²) < 4.78 is 26.6. The molecule has 1 saturated carbocycles. The third kappa shape index (κ3) is 1.84. The molecule has 3 heteroatoms. The largest absolute Gasteiger partial charge is 0.321 e. The highest BCUT2D eigenvalue weighted by molar-refractivity contribution is 5.28. The van der Waals surface area contributed by atoms with E-state index in [-0.39, 0.29) is 5.92 Å². The summed E-state index contributed by atoms with van der Waals surface area (Å²) in [5.74, 6) is -0.828. The fourth-order valence-electron chi connectivity index (χ4n) is 2.64. The lowest BCUT2D eigenvalue weighted by molar-refractivity contribution is 0.201. The molecule has 0 radical (unpaired) electrons. The highest BCUT2D eigenvalue weighted by Gasteiger charge is 2.37. The minimum absolute atomic E-state index is 0.237. The predicted molar refractivity (Wildman–Crippen MR) is 59.9 cm³/mol. The van der Waals surface area contributed by atoms with Crippen LogP contribution in [0.25, 0.3) is 0 Å². The first kappa shape index (κ1) is 11.5. The number of hydrogen-bond donors (Lipinski definition) is 1. The number of hydrogen-bond acceptors (Lipinski definition) is 1. The zero-order valence-electron chi connectivity index (χ0n) is 9.47. The van der Waals surface area contributed by atoms with Crippen molar-refractivity contribution in [1.82, 2.24) is 0 Å². The lowest BCUT2D eigenvalue weighted by Crippen LogP contribution is -2.45. The molecule has 2 rings (SSSR count). The molecule has 1 aliphatic carbocycles. The Kier molecular flexibility index (Phi) is 2.98.